The number of hydrogen-bond acceptors (Lipinski definition) is 5. The summed E-state index contributed by atoms with van der Waals surface area (Å²) in [4.78, 5) is 41.7. The van der Waals surface area contributed by atoms with Crippen LogP contribution in [0.3, 0.4) is 0 Å². The van der Waals surface area contributed by atoms with Gasteiger partial charge < -0.3 is 9.80 Å². The Kier molecular flexibility index (Phi) is 3.46. The van der Waals surface area contributed by atoms with Gasteiger partial charge in [0.25, 0.3) is 5.91 Å². The Morgan fingerprint density at radius 1 is 1.26 bits per heavy atom. The van der Waals surface area contributed by atoms with Crippen molar-refractivity contribution in [1.29, 1.82) is 0 Å². The summed E-state index contributed by atoms with van der Waals surface area (Å²) >= 11 is 0. The highest BCUT2D eigenvalue weighted by molar-refractivity contribution is 6.05. The molecule has 0 saturated carbocycles. The van der Waals surface area contributed by atoms with E-state index in [9.17, 15) is 14.4 Å². The molecule has 0 spiro atoms. The van der Waals surface area contributed by atoms with Crippen molar-refractivity contribution in [3.8, 4) is 0 Å². The second-order valence-electron chi connectivity index (χ2n) is 4.43. The van der Waals surface area contributed by atoms with E-state index >= 15 is 0 Å². The lowest BCUT2D eigenvalue weighted by Crippen LogP contribution is -2.53. The van der Waals surface area contributed by atoms with E-state index in [2.05, 4.69) is 10.3 Å². The third kappa shape index (κ3) is 2.87. The molecule has 7 nitrogen and oxygen atoms in total. The maximum absolute atomic E-state index is 12.1. The summed E-state index contributed by atoms with van der Waals surface area (Å²) in [7, 11) is 3.69. The van der Waals surface area contributed by atoms with E-state index < -0.39 is 11.8 Å². The van der Waals surface area contributed by atoms with Crippen LogP contribution in [0.1, 0.15) is 10.4 Å². The van der Waals surface area contributed by atoms with Crippen molar-refractivity contribution >= 4 is 23.5 Å². The predicted molar refractivity (Wildman–Crippen MR) is 67.6 cm³/mol. The van der Waals surface area contributed by atoms with Gasteiger partial charge in [0.2, 0.25) is 11.8 Å². The van der Waals surface area contributed by atoms with Gasteiger partial charge in [-0.1, -0.05) is 0 Å². The maximum Gasteiger partial charge on any atom is 0.256 e. The lowest BCUT2D eigenvalue weighted by atomic mass is 10.2. The van der Waals surface area contributed by atoms with Gasteiger partial charge in [0, 0.05) is 20.3 Å². The number of carbonyl (C=O) groups excluding carboxylic acids is 3. The largest absolute Gasteiger partial charge is 0.363 e. The molecule has 1 saturated heterocycles. The summed E-state index contributed by atoms with van der Waals surface area (Å²) in [5.41, 5.74) is 0.355. The summed E-state index contributed by atoms with van der Waals surface area (Å²) in [6.45, 7) is -0.222. The fourth-order valence-corrected chi connectivity index (χ4v) is 1.74. The van der Waals surface area contributed by atoms with Crippen LogP contribution in [0.4, 0.5) is 5.82 Å². The van der Waals surface area contributed by atoms with Crippen molar-refractivity contribution in [2.45, 2.75) is 0 Å². The highest BCUT2D eigenvalue weighted by atomic mass is 16.2. The number of imide groups is 1. The van der Waals surface area contributed by atoms with E-state index in [1.54, 1.807) is 12.1 Å². The van der Waals surface area contributed by atoms with Crippen LogP contribution in [0.5, 0.6) is 0 Å². The average molecular weight is 262 g/mol. The van der Waals surface area contributed by atoms with E-state index in [4.69, 9.17) is 0 Å². The molecule has 2 heterocycles. The van der Waals surface area contributed by atoms with Crippen LogP contribution in [-0.2, 0) is 9.59 Å². The van der Waals surface area contributed by atoms with E-state index in [-0.39, 0.29) is 19.0 Å². The van der Waals surface area contributed by atoms with Gasteiger partial charge in [0.1, 0.15) is 18.9 Å². The lowest BCUT2D eigenvalue weighted by molar-refractivity contribution is -0.135. The van der Waals surface area contributed by atoms with E-state index in [1.807, 2.05) is 19.0 Å². The number of carbonyl (C=O) groups is 3. The molecule has 3 amide bonds. The number of rotatable bonds is 2. The number of hydrogen-bond donors (Lipinski definition) is 1. The zero-order valence-electron chi connectivity index (χ0n) is 10.7. The summed E-state index contributed by atoms with van der Waals surface area (Å²) in [6.07, 6.45) is 1.44. The van der Waals surface area contributed by atoms with Crippen LogP contribution in [0.15, 0.2) is 18.3 Å². The van der Waals surface area contributed by atoms with Gasteiger partial charge in [0.15, 0.2) is 0 Å². The highest BCUT2D eigenvalue weighted by Crippen LogP contribution is 2.10. The first-order valence-corrected chi connectivity index (χ1v) is 5.72. The number of piperazine rings is 1. The number of amides is 3. The third-order valence-corrected chi connectivity index (χ3v) is 2.69. The van der Waals surface area contributed by atoms with Gasteiger partial charge >= 0.3 is 0 Å². The second kappa shape index (κ2) is 5.05. The predicted octanol–water partition coefficient (Wildman–Crippen LogP) is -0.754. The lowest BCUT2D eigenvalue weighted by Gasteiger charge is -2.25. The quantitative estimate of drug-likeness (QED) is 0.709. The van der Waals surface area contributed by atoms with Gasteiger partial charge in [-0.3, -0.25) is 19.7 Å². The first-order valence-electron chi connectivity index (χ1n) is 5.72. The molecular formula is C12H14N4O3. The minimum Gasteiger partial charge on any atom is -0.363 e. The molecule has 0 bridgehead atoms. The number of aromatic nitrogens is 1. The van der Waals surface area contributed by atoms with Gasteiger partial charge in [0.05, 0.1) is 5.56 Å². The second-order valence-corrected chi connectivity index (χ2v) is 4.43. The zero-order valence-corrected chi connectivity index (χ0v) is 10.7. The summed E-state index contributed by atoms with van der Waals surface area (Å²) in [5.74, 6) is -0.588. The minimum absolute atomic E-state index is 0.111. The monoisotopic (exact) mass is 262 g/mol. The van der Waals surface area contributed by atoms with Crippen LogP contribution in [0.25, 0.3) is 0 Å². The maximum atomic E-state index is 12.1. The fourth-order valence-electron chi connectivity index (χ4n) is 1.74. The molecule has 0 aromatic carbocycles. The molecule has 1 aliphatic heterocycles. The van der Waals surface area contributed by atoms with Crippen LogP contribution in [0, 0.1) is 0 Å². The number of pyridine rings is 1. The van der Waals surface area contributed by atoms with Crippen LogP contribution < -0.4 is 10.2 Å². The molecule has 2 rings (SSSR count). The van der Waals surface area contributed by atoms with Gasteiger partial charge in [-0.2, -0.15) is 0 Å². The standard InChI is InChI=1S/C12H14N4O3/c1-15(2)9-4-3-8(5-13-9)12(19)16-6-10(17)14-11(18)7-16/h3-5H,6-7H2,1-2H3,(H,14,17,18). The summed E-state index contributed by atoms with van der Waals surface area (Å²) < 4.78 is 0. The molecule has 100 valence electrons. The smallest absolute Gasteiger partial charge is 0.256 e. The first-order chi connectivity index (χ1) is 8.97. The SMILES string of the molecule is CN(C)c1ccc(C(=O)N2CC(=O)NC(=O)C2)cn1. The molecule has 0 unspecified atom stereocenters. The van der Waals surface area contributed by atoms with Crippen LogP contribution >= 0.6 is 0 Å². The Balaban J connectivity index is 2.15. The Labute approximate surface area is 110 Å². The average Bonchev–Trinajstić information content (AvgIpc) is 2.37. The molecular weight excluding hydrogens is 248 g/mol. The van der Waals surface area contributed by atoms with E-state index in [0.717, 1.165) is 5.82 Å². The molecule has 7 heteroatoms. The molecule has 0 aliphatic carbocycles. The zero-order chi connectivity index (χ0) is 14.0. The topological polar surface area (TPSA) is 82.6 Å². The fraction of sp³-hybridized carbons (Fsp3) is 0.333. The Hall–Kier alpha value is -2.44. The Morgan fingerprint density at radius 2 is 1.89 bits per heavy atom. The van der Waals surface area contributed by atoms with E-state index in [1.165, 1.54) is 11.1 Å². The third-order valence-electron chi connectivity index (χ3n) is 2.69. The van der Waals surface area contributed by atoms with Crippen molar-refractivity contribution in [1.82, 2.24) is 15.2 Å². The molecule has 19 heavy (non-hydrogen) atoms. The van der Waals surface area contributed by atoms with Gasteiger partial charge in [-0.05, 0) is 12.1 Å². The molecule has 1 aromatic heterocycles. The molecule has 1 aromatic rings. The molecule has 1 N–H and O–H groups in total. The van der Waals surface area contributed by atoms with Crippen LogP contribution in [-0.4, -0.2) is 54.8 Å². The Bertz CT molecular complexity index is 508. The van der Waals surface area contributed by atoms with Crippen molar-refractivity contribution in [2.75, 3.05) is 32.1 Å². The highest BCUT2D eigenvalue weighted by Gasteiger charge is 2.27. The number of anilines is 1. The summed E-state index contributed by atoms with van der Waals surface area (Å²) in [6, 6.07) is 3.33. The Morgan fingerprint density at radius 3 is 2.37 bits per heavy atom. The van der Waals surface area contributed by atoms with Crippen molar-refractivity contribution in [3.63, 3.8) is 0 Å². The van der Waals surface area contributed by atoms with Gasteiger partial charge in [-0.25, -0.2) is 4.98 Å². The van der Waals surface area contributed by atoms with Crippen LogP contribution in [0.2, 0.25) is 0 Å². The molecule has 1 aliphatic rings. The van der Waals surface area contributed by atoms with Crippen molar-refractivity contribution < 1.29 is 14.4 Å². The summed E-state index contributed by atoms with van der Waals surface area (Å²) in [5, 5.41) is 2.15. The normalized spacial score (nSPS) is 15.2. The van der Waals surface area contributed by atoms with Crippen molar-refractivity contribution in [3.05, 3.63) is 23.9 Å². The van der Waals surface area contributed by atoms with E-state index in [0.29, 0.717) is 5.56 Å². The minimum atomic E-state index is -0.470. The molecule has 1 fully saturated rings. The number of nitrogens with one attached hydrogen (secondary N) is 1. The van der Waals surface area contributed by atoms with Gasteiger partial charge in [-0.15, -0.1) is 0 Å². The first kappa shape index (κ1) is 13.0. The van der Waals surface area contributed by atoms with Crippen molar-refractivity contribution in [2.24, 2.45) is 0 Å². The number of nitrogens with zero attached hydrogens (tertiary/aromatic N) is 3. The molecule has 0 radical (unpaired) electrons. The molecule has 0 atom stereocenters.